The molecule has 0 aliphatic heterocycles. The van der Waals surface area contributed by atoms with Crippen LogP contribution in [0, 0.1) is 5.92 Å². The van der Waals surface area contributed by atoms with E-state index in [1.807, 2.05) is 12.1 Å². The molecule has 0 spiro atoms. The summed E-state index contributed by atoms with van der Waals surface area (Å²) in [5, 5.41) is 11.8. The molecule has 1 aliphatic carbocycles. The third kappa shape index (κ3) is 3.74. The van der Waals surface area contributed by atoms with Crippen molar-refractivity contribution in [2.24, 2.45) is 5.92 Å². The Balaban J connectivity index is 2.04. The SMILES string of the molecule is CCN(CC)c1ccc(C(=O)NC(C(=O)O)C2CC2)cc1. The van der Waals surface area contributed by atoms with Gasteiger partial charge in [0.25, 0.3) is 5.91 Å². The zero-order valence-electron chi connectivity index (χ0n) is 12.5. The Labute approximate surface area is 125 Å². The van der Waals surface area contributed by atoms with Crippen LogP contribution < -0.4 is 10.2 Å². The third-order valence-electron chi connectivity index (χ3n) is 3.90. The van der Waals surface area contributed by atoms with Crippen molar-refractivity contribution in [1.82, 2.24) is 5.32 Å². The summed E-state index contributed by atoms with van der Waals surface area (Å²) in [6.45, 7) is 5.98. The average molecular weight is 290 g/mol. The fraction of sp³-hybridized carbons (Fsp3) is 0.500. The van der Waals surface area contributed by atoms with E-state index in [0.717, 1.165) is 31.6 Å². The molecular weight excluding hydrogens is 268 g/mol. The van der Waals surface area contributed by atoms with Crippen molar-refractivity contribution >= 4 is 17.6 Å². The van der Waals surface area contributed by atoms with Gasteiger partial charge in [0.05, 0.1) is 0 Å². The lowest BCUT2D eigenvalue weighted by Crippen LogP contribution is -2.42. The van der Waals surface area contributed by atoms with Gasteiger partial charge in [-0.25, -0.2) is 4.79 Å². The summed E-state index contributed by atoms with van der Waals surface area (Å²) in [4.78, 5) is 25.5. The van der Waals surface area contributed by atoms with E-state index in [4.69, 9.17) is 5.11 Å². The molecule has 1 saturated carbocycles. The number of hydrogen-bond donors (Lipinski definition) is 2. The second-order valence-electron chi connectivity index (χ2n) is 5.35. The van der Waals surface area contributed by atoms with E-state index in [2.05, 4.69) is 24.1 Å². The van der Waals surface area contributed by atoms with E-state index < -0.39 is 12.0 Å². The monoisotopic (exact) mass is 290 g/mol. The van der Waals surface area contributed by atoms with Gasteiger partial charge in [-0.15, -0.1) is 0 Å². The summed E-state index contributed by atoms with van der Waals surface area (Å²) >= 11 is 0. The molecule has 21 heavy (non-hydrogen) atoms. The molecule has 1 amide bonds. The summed E-state index contributed by atoms with van der Waals surface area (Å²) in [5.74, 6) is -1.19. The molecule has 2 N–H and O–H groups in total. The number of amides is 1. The second-order valence-corrected chi connectivity index (χ2v) is 5.35. The number of anilines is 1. The highest BCUT2D eigenvalue weighted by Gasteiger charge is 2.37. The fourth-order valence-corrected chi connectivity index (χ4v) is 2.45. The lowest BCUT2D eigenvalue weighted by Gasteiger charge is -2.21. The van der Waals surface area contributed by atoms with Crippen LogP contribution in [-0.4, -0.2) is 36.1 Å². The van der Waals surface area contributed by atoms with Crippen LogP contribution in [0.1, 0.15) is 37.0 Å². The molecule has 1 unspecified atom stereocenters. The largest absolute Gasteiger partial charge is 0.480 e. The fourth-order valence-electron chi connectivity index (χ4n) is 2.45. The van der Waals surface area contributed by atoms with E-state index in [1.165, 1.54) is 0 Å². The van der Waals surface area contributed by atoms with Crippen LogP contribution in [0.2, 0.25) is 0 Å². The Bertz CT molecular complexity index is 505. The normalized spacial score (nSPS) is 15.3. The molecule has 1 aliphatic rings. The first-order valence-corrected chi connectivity index (χ1v) is 7.45. The second kappa shape index (κ2) is 6.61. The number of carboxylic acids is 1. The van der Waals surface area contributed by atoms with Gasteiger partial charge < -0.3 is 15.3 Å². The predicted molar refractivity (Wildman–Crippen MR) is 81.6 cm³/mol. The summed E-state index contributed by atoms with van der Waals surface area (Å²) < 4.78 is 0. The van der Waals surface area contributed by atoms with Gasteiger partial charge in [0.2, 0.25) is 0 Å². The highest BCUT2D eigenvalue weighted by molar-refractivity contribution is 5.97. The van der Waals surface area contributed by atoms with Gasteiger partial charge in [-0.05, 0) is 56.9 Å². The maximum atomic E-state index is 12.1. The van der Waals surface area contributed by atoms with Crippen LogP contribution in [0.3, 0.4) is 0 Å². The summed E-state index contributed by atoms with van der Waals surface area (Å²) in [5.41, 5.74) is 1.56. The zero-order chi connectivity index (χ0) is 15.4. The smallest absolute Gasteiger partial charge is 0.326 e. The number of carbonyl (C=O) groups excluding carboxylic acids is 1. The Morgan fingerprint density at radius 1 is 1.24 bits per heavy atom. The molecule has 5 nitrogen and oxygen atoms in total. The number of aliphatic carboxylic acids is 1. The summed E-state index contributed by atoms with van der Waals surface area (Å²) in [7, 11) is 0. The third-order valence-corrected chi connectivity index (χ3v) is 3.90. The van der Waals surface area contributed by atoms with Crippen LogP contribution in [0.15, 0.2) is 24.3 Å². The minimum absolute atomic E-state index is 0.0846. The van der Waals surface area contributed by atoms with Gasteiger partial charge in [-0.3, -0.25) is 4.79 Å². The predicted octanol–water partition coefficient (Wildman–Crippen LogP) is 2.13. The number of carbonyl (C=O) groups is 2. The Morgan fingerprint density at radius 2 is 1.81 bits per heavy atom. The molecular formula is C16H22N2O3. The highest BCUT2D eigenvalue weighted by Crippen LogP contribution is 2.32. The van der Waals surface area contributed by atoms with Gasteiger partial charge in [-0.1, -0.05) is 0 Å². The first-order valence-electron chi connectivity index (χ1n) is 7.45. The van der Waals surface area contributed by atoms with Crippen molar-refractivity contribution in [1.29, 1.82) is 0 Å². The van der Waals surface area contributed by atoms with Gasteiger partial charge in [0.15, 0.2) is 0 Å². The number of carboxylic acid groups (broad SMARTS) is 1. The lowest BCUT2D eigenvalue weighted by molar-refractivity contribution is -0.139. The summed E-state index contributed by atoms with van der Waals surface area (Å²) in [6.07, 6.45) is 1.75. The van der Waals surface area contributed by atoms with E-state index >= 15 is 0 Å². The standard InChI is InChI=1S/C16H22N2O3/c1-3-18(4-2)13-9-7-12(8-10-13)15(19)17-14(16(20)21)11-5-6-11/h7-11,14H,3-6H2,1-2H3,(H,17,19)(H,20,21). The van der Waals surface area contributed by atoms with Crippen molar-refractivity contribution in [3.05, 3.63) is 29.8 Å². The topological polar surface area (TPSA) is 69.6 Å². The number of benzene rings is 1. The van der Waals surface area contributed by atoms with E-state index in [9.17, 15) is 9.59 Å². The van der Waals surface area contributed by atoms with Crippen molar-refractivity contribution < 1.29 is 14.7 Å². The first kappa shape index (κ1) is 15.4. The van der Waals surface area contributed by atoms with Crippen molar-refractivity contribution in [2.75, 3.05) is 18.0 Å². The number of rotatable bonds is 7. The maximum Gasteiger partial charge on any atom is 0.326 e. The number of nitrogens with zero attached hydrogens (tertiary/aromatic N) is 1. The van der Waals surface area contributed by atoms with Crippen LogP contribution in [0.25, 0.3) is 0 Å². The zero-order valence-corrected chi connectivity index (χ0v) is 12.5. The Hall–Kier alpha value is -2.04. The van der Waals surface area contributed by atoms with Gasteiger partial charge in [0, 0.05) is 24.3 Å². The molecule has 1 aromatic carbocycles. The van der Waals surface area contributed by atoms with Crippen molar-refractivity contribution in [3.8, 4) is 0 Å². The molecule has 0 saturated heterocycles. The first-order chi connectivity index (χ1) is 10.1. The van der Waals surface area contributed by atoms with Gasteiger partial charge in [0.1, 0.15) is 6.04 Å². The maximum absolute atomic E-state index is 12.1. The van der Waals surface area contributed by atoms with E-state index in [-0.39, 0.29) is 11.8 Å². The number of hydrogen-bond acceptors (Lipinski definition) is 3. The van der Waals surface area contributed by atoms with E-state index in [0.29, 0.717) is 5.56 Å². The van der Waals surface area contributed by atoms with Crippen LogP contribution in [-0.2, 0) is 4.79 Å². The van der Waals surface area contributed by atoms with Crippen molar-refractivity contribution in [3.63, 3.8) is 0 Å². The van der Waals surface area contributed by atoms with Gasteiger partial charge >= 0.3 is 5.97 Å². The number of nitrogens with one attached hydrogen (secondary N) is 1. The molecule has 1 fully saturated rings. The molecule has 0 radical (unpaired) electrons. The molecule has 114 valence electrons. The molecule has 2 rings (SSSR count). The molecule has 0 bridgehead atoms. The minimum atomic E-state index is -0.953. The summed E-state index contributed by atoms with van der Waals surface area (Å²) in [6, 6.07) is 6.52. The molecule has 0 aromatic heterocycles. The minimum Gasteiger partial charge on any atom is -0.480 e. The molecule has 1 aromatic rings. The Morgan fingerprint density at radius 3 is 2.24 bits per heavy atom. The average Bonchev–Trinajstić information content (AvgIpc) is 3.30. The van der Waals surface area contributed by atoms with Gasteiger partial charge in [-0.2, -0.15) is 0 Å². The van der Waals surface area contributed by atoms with Crippen LogP contribution in [0.4, 0.5) is 5.69 Å². The molecule has 5 heteroatoms. The lowest BCUT2D eigenvalue weighted by atomic mass is 10.1. The Kier molecular flexibility index (Phi) is 4.83. The molecule has 0 heterocycles. The molecule has 1 atom stereocenters. The van der Waals surface area contributed by atoms with E-state index in [1.54, 1.807) is 12.1 Å². The quantitative estimate of drug-likeness (QED) is 0.807. The van der Waals surface area contributed by atoms with Crippen LogP contribution >= 0.6 is 0 Å². The van der Waals surface area contributed by atoms with Crippen LogP contribution in [0.5, 0.6) is 0 Å². The van der Waals surface area contributed by atoms with Crippen molar-refractivity contribution in [2.45, 2.75) is 32.7 Å². The highest BCUT2D eigenvalue weighted by atomic mass is 16.4.